The number of benzene rings is 2. The lowest BCUT2D eigenvalue weighted by Crippen LogP contribution is -2.72. The van der Waals surface area contributed by atoms with Crippen molar-refractivity contribution in [3.8, 4) is 22.6 Å². The summed E-state index contributed by atoms with van der Waals surface area (Å²) in [7, 11) is 2.96. The molecule has 51 heavy (non-hydrogen) atoms. The van der Waals surface area contributed by atoms with E-state index in [1.54, 1.807) is 10.8 Å². The number of nitrogens with two attached hydrogens (primary N) is 1. The number of aliphatic hydroxyl groups is 2. The number of aromatic nitrogens is 1. The molecule has 2 aromatic heterocycles. The van der Waals surface area contributed by atoms with Gasteiger partial charge in [0.15, 0.2) is 11.7 Å². The van der Waals surface area contributed by atoms with Gasteiger partial charge >= 0.3 is 5.97 Å². The van der Waals surface area contributed by atoms with Crippen molar-refractivity contribution in [2.75, 3.05) is 24.8 Å². The average Bonchev–Trinajstić information content (AvgIpc) is 3.62. The highest BCUT2D eigenvalue weighted by molar-refractivity contribution is 8.76. The van der Waals surface area contributed by atoms with E-state index in [9.17, 15) is 34.8 Å². The van der Waals surface area contributed by atoms with Crippen LogP contribution in [-0.4, -0.2) is 92.3 Å². The molecule has 1 amide bonds. The van der Waals surface area contributed by atoms with Crippen LogP contribution in [-0.2, 0) is 14.3 Å². The lowest BCUT2D eigenvalue weighted by molar-refractivity contribution is -0.316. The lowest BCUT2D eigenvalue weighted by Gasteiger charge is -2.48. The van der Waals surface area contributed by atoms with Gasteiger partial charge in [0.25, 0.3) is 5.91 Å². The summed E-state index contributed by atoms with van der Waals surface area (Å²) in [4.78, 5) is 41.5. The summed E-state index contributed by atoms with van der Waals surface area (Å²) in [6, 6.07) is 11.7. The van der Waals surface area contributed by atoms with E-state index >= 15 is 0 Å². The van der Waals surface area contributed by atoms with Crippen LogP contribution in [0.1, 0.15) is 35.9 Å². The Kier molecular flexibility index (Phi) is 11.0. The molecular weight excluding hydrogens is 703 g/mol. The van der Waals surface area contributed by atoms with Crippen molar-refractivity contribution in [3.63, 3.8) is 0 Å². The summed E-state index contributed by atoms with van der Waals surface area (Å²) in [5.41, 5.74) is 4.17. The topological polar surface area (TPSA) is 227 Å². The first-order valence-electron chi connectivity index (χ1n) is 16.2. The van der Waals surface area contributed by atoms with Gasteiger partial charge in [-0.1, -0.05) is 47.6 Å². The maximum absolute atomic E-state index is 13.6. The second-order valence-electron chi connectivity index (χ2n) is 12.9. The normalized spacial score (nSPS) is 27.6. The molecule has 2 aromatic carbocycles. The number of carboxylic acid groups (broad SMARTS) is 1. The first-order chi connectivity index (χ1) is 24.4. The second kappa shape index (κ2) is 15.3. The number of aliphatic hydroxyl groups excluding tert-OH is 1. The number of phenolic OH excluding ortho intramolecular Hbond substituents is 1. The smallest absolute Gasteiger partial charge is 0.335 e. The first-order valence-corrected chi connectivity index (χ1v) is 18.7. The maximum Gasteiger partial charge on any atom is 0.335 e. The number of carbonyl (C=O) groups is 2. The molecule has 0 spiro atoms. The number of nitrogens with one attached hydrogen (secondary N) is 2. The van der Waals surface area contributed by atoms with Crippen molar-refractivity contribution in [3.05, 3.63) is 82.5 Å². The van der Waals surface area contributed by atoms with Crippen molar-refractivity contribution in [2.45, 2.75) is 50.0 Å². The molecule has 2 fully saturated rings. The Morgan fingerprint density at radius 3 is 2.55 bits per heavy atom. The molecule has 0 aliphatic carbocycles. The van der Waals surface area contributed by atoms with Crippen molar-refractivity contribution < 1.29 is 48.6 Å². The number of primary amides is 1. The van der Waals surface area contributed by atoms with E-state index in [0.29, 0.717) is 12.1 Å². The first kappa shape index (κ1) is 36.8. The highest BCUT2D eigenvalue weighted by Crippen LogP contribution is 2.40. The Hall–Kier alpha value is -4.03. The van der Waals surface area contributed by atoms with Crippen LogP contribution in [0.25, 0.3) is 22.1 Å². The minimum absolute atomic E-state index is 0.0141. The molecule has 4 heterocycles. The summed E-state index contributed by atoms with van der Waals surface area (Å²) < 4.78 is 23.7. The molecule has 8 N–H and O–H groups in total. The van der Waals surface area contributed by atoms with Crippen molar-refractivity contribution in [1.82, 2.24) is 10.3 Å². The molecule has 2 aliphatic heterocycles. The average molecular weight is 742 g/mol. The highest BCUT2D eigenvalue weighted by atomic mass is 33.1. The van der Waals surface area contributed by atoms with E-state index in [0.717, 1.165) is 11.3 Å². The zero-order valence-electron chi connectivity index (χ0n) is 27.7. The van der Waals surface area contributed by atoms with E-state index in [-0.39, 0.29) is 58.3 Å². The fourth-order valence-electron chi connectivity index (χ4n) is 6.69. The molecule has 4 aromatic rings. The molecule has 272 valence electrons. The number of carbonyl (C=O) groups excluding carboxylic acids is 1. The molecule has 14 nitrogen and oxygen atoms in total. The predicted molar refractivity (Wildman–Crippen MR) is 191 cm³/mol. The number of aliphatic carboxylic acids is 1. The van der Waals surface area contributed by atoms with Crippen molar-refractivity contribution >= 4 is 44.4 Å². The summed E-state index contributed by atoms with van der Waals surface area (Å²) in [6.45, 7) is 4.50. The van der Waals surface area contributed by atoms with Gasteiger partial charge in [0.1, 0.15) is 35.2 Å². The van der Waals surface area contributed by atoms with Gasteiger partial charge in [-0.05, 0) is 65.8 Å². The summed E-state index contributed by atoms with van der Waals surface area (Å²) >= 11 is 0. The van der Waals surface area contributed by atoms with Crippen molar-refractivity contribution in [1.29, 1.82) is 0 Å². The fourth-order valence-corrected chi connectivity index (χ4v) is 8.74. The number of rotatable bonds is 7. The van der Waals surface area contributed by atoms with Gasteiger partial charge in [-0.25, -0.2) is 4.79 Å². The van der Waals surface area contributed by atoms with Gasteiger partial charge in [0, 0.05) is 30.8 Å². The Bertz CT molecular complexity index is 1920. The molecule has 0 unspecified atom stereocenters. The van der Waals surface area contributed by atoms with Crippen LogP contribution in [0, 0.1) is 11.8 Å². The third kappa shape index (κ3) is 7.48. The maximum atomic E-state index is 13.6. The molecule has 6 rings (SSSR count). The summed E-state index contributed by atoms with van der Waals surface area (Å²) in [5, 5.41) is 46.6. The number of fused-ring (bicyclic) bond motifs is 2. The molecule has 0 bridgehead atoms. The van der Waals surface area contributed by atoms with E-state index in [4.69, 9.17) is 24.4 Å². The largest absolute Gasteiger partial charge is 0.508 e. The van der Waals surface area contributed by atoms with Crippen LogP contribution < -0.4 is 21.2 Å². The van der Waals surface area contributed by atoms with E-state index < -0.39 is 53.3 Å². The lowest BCUT2D eigenvalue weighted by atomic mass is 9.80. The number of amides is 1. The molecule has 16 heteroatoms. The van der Waals surface area contributed by atoms with Gasteiger partial charge in [0.05, 0.1) is 10.9 Å². The number of H-pyrrole nitrogens is 1. The molecule has 2 aliphatic rings. The third-order valence-electron chi connectivity index (χ3n) is 9.36. The number of phenols is 1. The number of ether oxygens (including phenoxy) is 3. The third-order valence-corrected chi connectivity index (χ3v) is 11.5. The van der Waals surface area contributed by atoms with Crippen LogP contribution in [0.3, 0.4) is 0 Å². The zero-order chi connectivity index (χ0) is 36.4. The van der Waals surface area contributed by atoms with Crippen LogP contribution in [0.15, 0.2) is 70.1 Å². The van der Waals surface area contributed by atoms with Crippen LogP contribution >= 0.6 is 21.6 Å². The quantitative estimate of drug-likeness (QED) is 0.135. The molecule has 7 atom stereocenters. The second-order valence-corrected chi connectivity index (χ2v) is 15.4. The summed E-state index contributed by atoms with van der Waals surface area (Å²) in [5.74, 6) is -1.67. The predicted octanol–water partition coefficient (Wildman–Crippen LogP) is 3.26. The Labute approximate surface area is 300 Å². The number of aromatic hydroxyl groups is 1. The Morgan fingerprint density at radius 1 is 1.12 bits per heavy atom. The number of hydrogen-bond donors (Lipinski definition) is 7. The SMILES string of the molecule is CC(C)[C@H]1CNC[C@]2(O)[C@H](Oc3ccc4c(=O)c(-c5ccc(O)cc5)c(C(N)=O)oc4c3)O[C@H](C(=O)O)[C@@H](O)[C@@H]2OCSSC[C@@H]1c1cc[nH]c1. The molecular formula is C35H39N3O11S2. The van der Waals surface area contributed by atoms with E-state index in [2.05, 4.69) is 24.1 Å². The number of aromatic amines is 1. The number of β-amino-alcohol motifs (C(OH)–C–C–N with tert-alkyl or cyclic N) is 1. The van der Waals surface area contributed by atoms with Gasteiger partial charge < -0.3 is 55.1 Å². The summed E-state index contributed by atoms with van der Waals surface area (Å²) in [6.07, 6.45) is -2.88. The van der Waals surface area contributed by atoms with Gasteiger partial charge in [-0.15, -0.1) is 0 Å². The van der Waals surface area contributed by atoms with Crippen LogP contribution in [0.4, 0.5) is 0 Å². The number of carboxylic acids is 1. The minimum atomic E-state index is -2.13. The molecule has 2 saturated heterocycles. The van der Waals surface area contributed by atoms with E-state index in [1.165, 1.54) is 53.3 Å². The molecule has 0 radical (unpaired) electrons. The van der Waals surface area contributed by atoms with Gasteiger partial charge in [-0.2, -0.15) is 0 Å². The minimum Gasteiger partial charge on any atom is -0.508 e. The number of hydrogen-bond acceptors (Lipinski definition) is 13. The Morgan fingerprint density at radius 2 is 1.88 bits per heavy atom. The van der Waals surface area contributed by atoms with Crippen molar-refractivity contribution in [2.24, 2.45) is 17.6 Å². The highest BCUT2D eigenvalue weighted by Gasteiger charge is 2.59. The Balaban J connectivity index is 1.35. The zero-order valence-corrected chi connectivity index (χ0v) is 29.3. The fraction of sp³-hybridized carbons (Fsp3) is 0.400. The van der Waals surface area contributed by atoms with E-state index in [1.807, 2.05) is 18.5 Å². The monoisotopic (exact) mass is 741 g/mol. The van der Waals surface area contributed by atoms with Gasteiger partial charge in [0.2, 0.25) is 17.5 Å². The van der Waals surface area contributed by atoms with Crippen LogP contribution in [0.2, 0.25) is 0 Å². The molecule has 0 saturated carbocycles. The van der Waals surface area contributed by atoms with Crippen LogP contribution in [0.5, 0.6) is 11.5 Å². The standard InChI is InChI=1S/C35H39N3O11S2/c1-17(2)23-13-38-15-35(45)31(46-16-51-50-14-24(23)19-9-10-37-12-19)28(41)30(33(43)44)49-34(35)47-21-7-8-22-25(11-21)48-29(32(36)42)26(27(22)40)18-3-5-20(39)6-4-18/h3-12,17,23-24,28,30-31,34,37-39,41,45H,13-16H2,1-2H3,(H2,36,42)(H,43,44)/t23-,24-,28-,30+,31+,34-,35-/m1/s1. The van der Waals surface area contributed by atoms with Gasteiger partial charge in [-0.3, -0.25) is 9.59 Å².